The highest BCUT2D eigenvalue weighted by atomic mass is 16.5. The lowest BCUT2D eigenvalue weighted by atomic mass is 10.2. The van der Waals surface area contributed by atoms with Crippen molar-refractivity contribution in [3.8, 4) is 5.75 Å². The molecule has 0 aliphatic rings. The second-order valence-corrected chi connectivity index (χ2v) is 3.37. The van der Waals surface area contributed by atoms with Crippen LogP contribution in [0, 0.1) is 6.92 Å². The Morgan fingerprint density at radius 2 is 2.00 bits per heavy atom. The van der Waals surface area contributed by atoms with Gasteiger partial charge in [0.25, 0.3) is 0 Å². The van der Waals surface area contributed by atoms with Gasteiger partial charge in [0.05, 0.1) is 0 Å². The van der Waals surface area contributed by atoms with Gasteiger partial charge >= 0.3 is 0 Å². The zero-order valence-electron chi connectivity index (χ0n) is 8.79. The van der Waals surface area contributed by atoms with Gasteiger partial charge in [0.15, 0.2) is 0 Å². The van der Waals surface area contributed by atoms with Crippen LogP contribution >= 0.6 is 0 Å². The van der Waals surface area contributed by atoms with Crippen LogP contribution in [0.3, 0.4) is 0 Å². The minimum atomic E-state index is 0.593. The lowest BCUT2D eigenvalue weighted by molar-refractivity contribution is 0.363. The van der Waals surface area contributed by atoms with Crippen molar-refractivity contribution in [2.75, 3.05) is 6.61 Å². The highest BCUT2D eigenvalue weighted by Crippen LogP contribution is 2.11. The summed E-state index contributed by atoms with van der Waals surface area (Å²) in [4.78, 5) is 0. The molecule has 0 amide bonds. The van der Waals surface area contributed by atoms with Crippen LogP contribution in [0.4, 0.5) is 0 Å². The maximum absolute atomic E-state index is 5.48. The van der Waals surface area contributed by atoms with Gasteiger partial charge in [0.2, 0.25) is 0 Å². The van der Waals surface area contributed by atoms with Gasteiger partial charge in [-0.15, -0.1) is 0 Å². The van der Waals surface area contributed by atoms with Gasteiger partial charge in [-0.1, -0.05) is 35.9 Å². The lowest BCUT2D eigenvalue weighted by Crippen LogP contribution is -1.92. The molecular formula is C13H16O. The first-order chi connectivity index (χ1) is 6.68. The molecule has 74 valence electrons. The Labute approximate surface area is 85.7 Å². The number of benzene rings is 1. The highest BCUT2D eigenvalue weighted by Gasteiger charge is 1.89. The maximum atomic E-state index is 5.48. The first kappa shape index (κ1) is 10.6. The van der Waals surface area contributed by atoms with Crippen LogP contribution < -0.4 is 4.74 Å². The largest absolute Gasteiger partial charge is 0.490 e. The summed E-state index contributed by atoms with van der Waals surface area (Å²) >= 11 is 0. The Hall–Kier alpha value is -1.50. The summed E-state index contributed by atoms with van der Waals surface area (Å²) in [6, 6.07) is 8.03. The number of hydrogen-bond donors (Lipinski definition) is 0. The van der Waals surface area contributed by atoms with Gasteiger partial charge in [-0.25, -0.2) is 0 Å². The normalized spacial score (nSPS) is 10.4. The molecule has 0 aliphatic heterocycles. The molecule has 0 unspecified atom stereocenters. The van der Waals surface area contributed by atoms with Crippen LogP contribution in [0.5, 0.6) is 5.75 Å². The Morgan fingerprint density at radius 3 is 2.57 bits per heavy atom. The van der Waals surface area contributed by atoms with Crippen LogP contribution in [-0.2, 0) is 0 Å². The Kier molecular flexibility index (Phi) is 3.99. The van der Waals surface area contributed by atoms with Crippen molar-refractivity contribution in [2.45, 2.75) is 13.8 Å². The summed E-state index contributed by atoms with van der Waals surface area (Å²) in [7, 11) is 0. The molecule has 0 fully saturated rings. The second-order valence-electron chi connectivity index (χ2n) is 3.37. The predicted octanol–water partition coefficient (Wildman–Crippen LogP) is 3.51. The van der Waals surface area contributed by atoms with E-state index in [1.54, 1.807) is 0 Å². The molecule has 0 saturated heterocycles. The quantitative estimate of drug-likeness (QED) is 0.657. The van der Waals surface area contributed by atoms with Crippen molar-refractivity contribution in [1.29, 1.82) is 0 Å². The third kappa shape index (κ3) is 3.94. The molecular weight excluding hydrogens is 172 g/mol. The molecule has 1 heteroatoms. The Bertz CT molecular complexity index is 320. The van der Waals surface area contributed by atoms with Crippen LogP contribution in [-0.4, -0.2) is 6.61 Å². The topological polar surface area (TPSA) is 9.23 Å². The summed E-state index contributed by atoms with van der Waals surface area (Å²) in [5, 5.41) is 0. The van der Waals surface area contributed by atoms with E-state index in [2.05, 4.69) is 13.5 Å². The van der Waals surface area contributed by atoms with Crippen molar-refractivity contribution < 1.29 is 4.74 Å². The average molecular weight is 188 g/mol. The molecule has 1 aromatic carbocycles. The lowest BCUT2D eigenvalue weighted by Gasteiger charge is -2.02. The van der Waals surface area contributed by atoms with Crippen LogP contribution in [0.25, 0.3) is 0 Å². The summed E-state index contributed by atoms with van der Waals surface area (Å²) in [5.74, 6) is 0.905. The van der Waals surface area contributed by atoms with E-state index in [4.69, 9.17) is 4.74 Å². The summed E-state index contributed by atoms with van der Waals surface area (Å²) in [6.45, 7) is 8.38. The van der Waals surface area contributed by atoms with Gasteiger partial charge < -0.3 is 4.74 Å². The fourth-order valence-corrected chi connectivity index (χ4v) is 1.03. The first-order valence-electron chi connectivity index (χ1n) is 4.70. The molecule has 1 rings (SSSR count). The van der Waals surface area contributed by atoms with Crippen LogP contribution in [0.2, 0.25) is 0 Å². The van der Waals surface area contributed by atoms with E-state index in [1.165, 1.54) is 5.56 Å². The molecule has 0 spiro atoms. The number of aryl methyl sites for hydroxylation is 1. The van der Waals surface area contributed by atoms with Gasteiger partial charge in [-0.05, 0) is 32.1 Å². The number of ether oxygens (including phenoxy) is 1. The smallest absolute Gasteiger partial charge is 0.119 e. The van der Waals surface area contributed by atoms with Gasteiger partial charge in [-0.2, -0.15) is 0 Å². The van der Waals surface area contributed by atoms with Crippen molar-refractivity contribution in [3.63, 3.8) is 0 Å². The van der Waals surface area contributed by atoms with Gasteiger partial charge in [0, 0.05) is 0 Å². The van der Waals surface area contributed by atoms with Gasteiger partial charge in [-0.3, -0.25) is 0 Å². The molecule has 0 radical (unpaired) electrons. The van der Waals surface area contributed by atoms with Crippen LogP contribution in [0.1, 0.15) is 12.5 Å². The minimum Gasteiger partial charge on any atom is -0.490 e. The highest BCUT2D eigenvalue weighted by molar-refractivity contribution is 5.26. The van der Waals surface area contributed by atoms with E-state index in [9.17, 15) is 0 Å². The van der Waals surface area contributed by atoms with Crippen LogP contribution in [0.15, 0.2) is 48.6 Å². The predicted molar refractivity (Wildman–Crippen MR) is 60.6 cm³/mol. The fourth-order valence-electron chi connectivity index (χ4n) is 1.03. The Balaban J connectivity index is 2.39. The number of rotatable bonds is 4. The fraction of sp³-hybridized carbons (Fsp3) is 0.231. The first-order valence-corrected chi connectivity index (χ1v) is 4.70. The molecule has 14 heavy (non-hydrogen) atoms. The molecule has 0 aliphatic carbocycles. The summed E-state index contributed by atoms with van der Waals surface area (Å²) in [5.41, 5.74) is 2.28. The van der Waals surface area contributed by atoms with Crippen molar-refractivity contribution in [1.82, 2.24) is 0 Å². The zero-order valence-corrected chi connectivity index (χ0v) is 8.79. The van der Waals surface area contributed by atoms with Gasteiger partial charge in [0.1, 0.15) is 12.4 Å². The zero-order chi connectivity index (χ0) is 10.4. The van der Waals surface area contributed by atoms with Crippen molar-refractivity contribution in [3.05, 3.63) is 54.1 Å². The van der Waals surface area contributed by atoms with E-state index < -0.39 is 0 Å². The Morgan fingerprint density at radius 1 is 1.36 bits per heavy atom. The summed E-state index contributed by atoms with van der Waals surface area (Å²) in [6.07, 6.45) is 3.91. The molecule has 0 saturated carbocycles. The third-order valence-electron chi connectivity index (χ3n) is 1.77. The monoisotopic (exact) mass is 188 g/mol. The van der Waals surface area contributed by atoms with Crippen molar-refractivity contribution >= 4 is 0 Å². The van der Waals surface area contributed by atoms with Crippen molar-refractivity contribution in [2.24, 2.45) is 0 Å². The molecule has 0 N–H and O–H groups in total. The second kappa shape index (κ2) is 5.28. The van der Waals surface area contributed by atoms with E-state index in [1.807, 2.05) is 43.3 Å². The SMILES string of the molecule is C=C(C)/C=C/COc1ccc(C)cc1. The average Bonchev–Trinajstić information content (AvgIpc) is 2.15. The third-order valence-corrected chi connectivity index (χ3v) is 1.77. The minimum absolute atomic E-state index is 0.593. The number of allylic oxidation sites excluding steroid dienone is 2. The molecule has 0 heterocycles. The molecule has 0 aromatic heterocycles. The molecule has 1 aromatic rings. The maximum Gasteiger partial charge on any atom is 0.119 e. The molecule has 0 bridgehead atoms. The number of hydrogen-bond acceptors (Lipinski definition) is 1. The summed E-state index contributed by atoms with van der Waals surface area (Å²) < 4.78 is 5.48. The van der Waals surface area contributed by atoms with E-state index >= 15 is 0 Å². The van der Waals surface area contributed by atoms with E-state index in [0.29, 0.717) is 6.61 Å². The molecule has 0 atom stereocenters. The van der Waals surface area contributed by atoms with E-state index in [0.717, 1.165) is 11.3 Å². The standard InChI is InChI=1S/C13H16O/c1-11(2)5-4-10-14-13-8-6-12(3)7-9-13/h4-9H,1,10H2,2-3H3/b5-4+. The molecule has 1 nitrogen and oxygen atoms in total. The van der Waals surface area contributed by atoms with E-state index in [-0.39, 0.29) is 0 Å².